The van der Waals surface area contributed by atoms with Gasteiger partial charge in [-0.25, -0.2) is 12.8 Å². The summed E-state index contributed by atoms with van der Waals surface area (Å²) in [6.45, 7) is 3.15. The number of halogens is 1. The van der Waals surface area contributed by atoms with Crippen molar-refractivity contribution in [2.75, 3.05) is 43.1 Å². The number of benzene rings is 3. The molecule has 0 aromatic heterocycles. The first kappa shape index (κ1) is 26.2. The summed E-state index contributed by atoms with van der Waals surface area (Å²) in [7, 11) is -3.65. The molecule has 1 aliphatic rings. The number of carbonyl (C=O) groups excluding carboxylic acids is 2. The van der Waals surface area contributed by atoms with E-state index in [0.29, 0.717) is 48.7 Å². The van der Waals surface area contributed by atoms with Gasteiger partial charge in [-0.3, -0.25) is 9.59 Å². The third kappa shape index (κ3) is 5.91. The maximum Gasteiger partial charge on any atom is 0.252 e. The number of sulfone groups is 1. The zero-order valence-electron chi connectivity index (χ0n) is 20.6. The number of hydrogen-bond donors (Lipinski definition) is 2. The number of nitrogen functional groups attached to an aromatic ring is 1. The van der Waals surface area contributed by atoms with E-state index < -0.39 is 27.6 Å². The van der Waals surface area contributed by atoms with Crippen molar-refractivity contribution in [2.45, 2.75) is 17.9 Å². The summed E-state index contributed by atoms with van der Waals surface area (Å²) < 4.78 is 38.2. The minimum atomic E-state index is -3.65. The molecule has 0 bridgehead atoms. The molecule has 1 aliphatic heterocycles. The molecule has 1 saturated heterocycles. The molecular weight excluding hydrogens is 495 g/mol. The molecule has 3 N–H and O–H groups in total. The number of hydrogen-bond acceptors (Lipinski definition) is 6. The fourth-order valence-corrected chi connectivity index (χ4v) is 5.23. The van der Waals surface area contributed by atoms with Gasteiger partial charge in [-0.1, -0.05) is 36.4 Å². The quantitative estimate of drug-likeness (QED) is 0.480. The van der Waals surface area contributed by atoms with Crippen molar-refractivity contribution in [3.05, 3.63) is 89.2 Å². The van der Waals surface area contributed by atoms with E-state index in [4.69, 9.17) is 5.73 Å². The Labute approximate surface area is 215 Å². The van der Waals surface area contributed by atoms with E-state index in [-0.39, 0.29) is 10.8 Å². The monoisotopic (exact) mass is 524 g/mol. The molecule has 194 valence electrons. The van der Waals surface area contributed by atoms with Gasteiger partial charge in [-0.2, -0.15) is 0 Å². The van der Waals surface area contributed by atoms with Crippen LogP contribution in [0.2, 0.25) is 0 Å². The third-order valence-electron chi connectivity index (χ3n) is 6.45. The van der Waals surface area contributed by atoms with Gasteiger partial charge in [0.2, 0.25) is 5.91 Å². The fourth-order valence-electron chi connectivity index (χ4n) is 4.33. The first-order valence-corrected chi connectivity index (χ1v) is 13.7. The van der Waals surface area contributed by atoms with Crippen molar-refractivity contribution in [1.29, 1.82) is 0 Å². The Bertz CT molecular complexity index is 1420. The van der Waals surface area contributed by atoms with Crippen molar-refractivity contribution in [3.63, 3.8) is 0 Å². The number of rotatable bonds is 6. The van der Waals surface area contributed by atoms with Gasteiger partial charge in [0.1, 0.15) is 11.9 Å². The van der Waals surface area contributed by atoms with Crippen molar-refractivity contribution >= 4 is 33.0 Å². The molecule has 1 heterocycles. The summed E-state index contributed by atoms with van der Waals surface area (Å²) in [5, 5.41) is 2.85. The Morgan fingerprint density at radius 1 is 0.973 bits per heavy atom. The van der Waals surface area contributed by atoms with E-state index in [1.165, 1.54) is 12.1 Å². The SMILES string of the molecule is Cc1ccc(C(=O)N[C@@H](C(=O)N2CCN(c3ccc(F)cc3S(C)(=O)=O)CC2)c2ccccc2)cc1N. The van der Waals surface area contributed by atoms with Crippen LogP contribution in [0.3, 0.4) is 0 Å². The van der Waals surface area contributed by atoms with Gasteiger partial charge in [-0.05, 0) is 48.4 Å². The van der Waals surface area contributed by atoms with Crippen LogP contribution >= 0.6 is 0 Å². The molecule has 2 amide bonds. The van der Waals surface area contributed by atoms with Gasteiger partial charge in [0.05, 0.1) is 10.6 Å². The van der Waals surface area contributed by atoms with Gasteiger partial charge in [0, 0.05) is 43.7 Å². The molecule has 0 spiro atoms. The summed E-state index contributed by atoms with van der Waals surface area (Å²) in [4.78, 5) is 30.0. The van der Waals surface area contributed by atoms with E-state index in [9.17, 15) is 22.4 Å². The highest BCUT2D eigenvalue weighted by Gasteiger charge is 2.31. The van der Waals surface area contributed by atoms with Crippen molar-refractivity contribution in [2.24, 2.45) is 0 Å². The summed E-state index contributed by atoms with van der Waals surface area (Å²) in [6, 6.07) is 16.7. The van der Waals surface area contributed by atoms with Crippen LogP contribution < -0.4 is 16.0 Å². The Hall–Kier alpha value is -3.92. The Morgan fingerprint density at radius 3 is 2.27 bits per heavy atom. The van der Waals surface area contributed by atoms with Crippen LogP contribution in [0.25, 0.3) is 0 Å². The summed E-state index contributed by atoms with van der Waals surface area (Å²) >= 11 is 0. The van der Waals surface area contributed by atoms with Crippen LogP contribution in [-0.2, 0) is 14.6 Å². The number of aryl methyl sites for hydroxylation is 1. The smallest absolute Gasteiger partial charge is 0.252 e. The molecule has 3 aromatic carbocycles. The topological polar surface area (TPSA) is 113 Å². The highest BCUT2D eigenvalue weighted by Crippen LogP contribution is 2.28. The fraction of sp³-hybridized carbons (Fsp3) is 0.259. The van der Waals surface area contributed by atoms with Crippen LogP contribution in [0.1, 0.15) is 27.5 Å². The maximum atomic E-state index is 13.8. The second kappa shape index (κ2) is 10.6. The lowest BCUT2D eigenvalue weighted by atomic mass is 10.0. The second-order valence-electron chi connectivity index (χ2n) is 9.09. The summed E-state index contributed by atoms with van der Waals surface area (Å²) in [5.41, 5.74) is 8.70. The Kier molecular flexibility index (Phi) is 7.49. The number of anilines is 2. The molecule has 0 unspecified atom stereocenters. The summed E-state index contributed by atoms with van der Waals surface area (Å²) in [6.07, 6.45) is 1.04. The molecule has 37 heavy (non-hydrogen) atoms. The first-order valence-electron chi connectivity index (χ1n) is 11.8. The molecule has 8 nitrogen and oxygen atoms in total. The van der Waals surface area contributed by atoms with Gasteiger partial charge < -0.3 is 20.9 Å². The van der Waals surface area contributed by atoms with E-state index in [2.05, 4.69) is 5.32 Å². The lowest BCUT2D eigenvalue weighted by Crippen LogP contribution is -2.52. The predicted octanol–water partition coefficient (Wildman–Crippen LogP) is 2.94. The zero-order valence-corrected chi connectivity index (χ0v) is 21.5. The van der Waals surface area contributed by atoms with Crippen molar-refractivity contribution in [3.8, 4) is 0 Å². The second-order valence-corrected chi connectivity index (χ2v) is 11.1. The Morgan fingerprint density at radius 2 is 1.65 bits per heavy atom. The highest BCUT2D eigenvalue weighted by atomic mass is 32.2. The van der Waals surface area contributed by atoms with Crippen LogP contribution in [0.15, 0.2) is 71.6 Å². The number of nitrogens with zero attached hydrogens (tertiary/aromatic N) is 2. The van der Waals surface area contributed by atoms with Crippen molar-refractivity contribution in [1.82, 2.24) is 10.2 Å². The first-order chi connectivity index (χ1) is 17.5. The normalized spacial score (nSPS) is 14.8. The van der Waals surface area contributed by atoms with Gasteiger partial charge in [0.15, 0.2) is 9.84 Å². The molecule has 0 saturated carbocycles. The molecule has 1 atom stereocenters. The molecule has 0 aliphatic carbocycles. The minimum Gasteiger partial charge on any atom is -0.398 e. The number of nitrogens with one attached hydrogen (secondary N) is 1. The van der Waals surface area contributed by atoms with E-state index in [0.717, 1.165) is 17.9 Å². The highest BCUT2D eigenvalue weighted by molar-refractivity contribution is 7.90. The Balaban J connectivity index is 1.53. The lowest BCUT2D eigenvalue weighted by Gasteiger charge is -2.38. The van der Waals surface area contributed by atoms with E-state index in [1.807, 2.05) is 17.9 Å². The van der Waals surface area contributed by atoms with Crippen LogP contribution in [0, 0.1) is 12.7 Å². The molecule has 3 aromatic rings. The zero-order chi connectivity index (χ0) is 26.7. The average molecular weight is 525 g/mol. The van der Waals surface area contributed by atoms with Crippen molar-refractivity contribution < 1.29 is 22.4 Å². The average Bonchev–Trinajstić information content (AvgIpc) is 2.88. The van der Waals surface area contributed by atoms with Gasteiger partial charge >= 0.3 is 0 Å². The number of amides is 2. The predicted molar refractivity (Wildman–Crippen MR) is 141 cm³/mol. The van der Waals surface area contributed by atoms with Crippen LogP contribution in [-0.4, -0.2) is 57.6 Å². The maximum absolute atomic E-state index is 13.8. The summed E-state index contributed by atoms with van der Waals surface area (Å²) in [5.74, 6) is -1.33. The third-order valence-corrected chi connectivity index (χ3v) is 7.58. The van der Waals surface area contributed by atoms with Crippen LogP contribution in [0.5, 0.6) is 0 Å². The standard InChI is InChI=1S/C27H29FN4O4S/c1-18-8-9-20(16-22(18)29)26(33)30-25(19-6-4-3-5-7-19)27(34)32-14-12-31(13-15-32)23-11-10-21(28)17-24(23)37(2,35)36/h3-11,16-17,25H,12-15,29H2,1-2H3,(H,30,33)/t25-/m1/s1. The molecule has 4 rings (SSSR count). The molecule has 0 radical (unpaired) electrons. The largest absolute Gasteiger partial charge is 0.398 e. The lowest BCUT2D eigenvalue weighted by molar-refractivity contribution is -0.133. The molecule has 1 fully saturated rings. The minimum absolute atomic E-state index is 0.0842. The van der Waals surface area contributed by atoms with E-state index in [1.54, 1.807) is 47.4 Å². The van der Waals surface area contributed by atoms with Gasteiger partial charge in [0.25, 0.3) is 5.91 Å². The van der Waals surface area contributed by atoms with E-state index >= 15 is 0 Å². The number of nitrogens with two attached hydrogens (primary N) is 1. The van der Waals surface area contributed by atoms with Crippen LogP contribution in [0.4, 0.5) is 15.8 Å². The molecular formula is C27H29FN4O4S. The number of carbonyl (C=O) groups is 2. The molecule has 10 heteroatoms. The van der Waals surface area contributed by atoms with Gasteiger partial charge in [-0.15, -0.1) is 0 Å². The number of piperazine rings is 1.